The van der Waals surface area contributed by atoms with Crippen molar-refractivity contribution in [3.05, 3.63) is 35.4 Å². The molecule has 1 aliphatic carbocycles. The molecule has 130 valence electrons. The molecule has 1 unspecified atom stereocenters. The van der Waals surface area contributed by atoms with Crippen molar-refractivity contribution in [2.75, 3.05) is 7.05 Å². The predicted molar refractivity (Wildman–Crippen MR) is 95.0 cm³/mol. The van der Waals surface area contributed by atoms with Gasteiger partial charge in [0.05, 0.1) is 11.9 Å². The summed E-state index contributed by atoms with van der Waals surface area (Å²) in [6.45, 7) is 5.05. The minimum absolute atomic E-state index is 0.369. The Kier molecular flexibility index (Phi) is 4.87. The van der Waals surface area contributed by atoms with Gasteiger partial charge in [-0.3, -0.25) is 14.4 Å². The van der Waals surface area contributed by atoms with Crippen LogP contribution in [0.15, 0.2) is 23.6 Å². The maximum absolute atomic E-state index is 4.74. The second-order valence-electron chi connectivity index (χ2n) is 6.71. The average Bonchev–Trinajstić information content (AvgIpc) is 3.17. The van der Waals surface area contributed by atoms with Crippen LogP contribution in [0.3, 0.4) is 0 Å². The summed E-state index contributed by atoms with van der Waals surface area (Å²) >= 11 is 0. The lowest BCUT2D eigenvalue weighted by atomic mass is 9.94. The van der Waals surface area contributed by atoms with Crippen LogP contribution >= 0.6 is 0 Å². The number of guanidine groups is 1. The number of aryl methyl sites for hydroxylation is 2. The van der Waals surface area contributed by atoms with E-state index in [0.29, 0.717) is 18.6 Å². The molecule has 0 amide bonds. The van der Waals surface area contributed by atoms with Gasteiger partial charge in [0.1, 0.15) is 0 Å². The summed E-state index contributed by atoms with van der Waals surface area (Å²) in [7, 11) is 3.73. The molecule has 1 atom stereocenters. The van der Waals surface area contributed by atoms with Crippen molar-refractivity contribution >= 4 is 5.96 Å². The second-order valence-corrected chi connectivity index (χ2v) is 6.71. The predicted octanol–water partition coefficient (Wildman–Crippen LogP) is 1.42. The van der Waals surface area contributed by atoms with Crippen molar-refractivity contribution in [3.63, 3.8) is 0 Å². The minimum Gasteiger partial charge on any atom is -0.353 e. The van der Waals surface area contributed by atoms with E-state index in [0.717, 1.165) is 30.8 Å². The molecule has 2 heterocycles. The summed E-state index contributed by atoms with van der Waals surface area (Å²) in [6, 6.07) is 0.782. The van der Waals surface area contributed by atoms with E-state index >= 15 is 0 Å². The van der Waals surface area contributed by atoms with Crippen LogP contribution in [0.4, 0.5) is 0 Å². The van der Waals surface area contributed by atoms with Gasteiger partial charge in [0.15, 0.2) is 5.96 Å². The highest BCUT2D eigenvalue weighted by molar-refractivity contribution is 5.80. The van der Waals surface area contributed by atoms with Crippen LogP contribution in [0.2, 0.25) is 0 Å². The van der Waals surface area contributed by atoms with Crippen LogP contribution < -0.4 is 10.6 Å². The molecule has 3 rings (SSSR count). The first kappa shape index (κ1) is 16.5. The summed E-state index contributed by atoms with van der Waals surface area (Å²) in [4.78, 5) is 4.34. The zero-order valence-corrected chi connectivity index (χ0v) is 15.0. The van der Waals surface area contributed by atoms with Crippen molar-refractivity contribution in [1.82, 2.24) is 30.2 Å². The van der Waals surface area contributed by atoms with Crippen LogP contribution in [-0.4, -0.2) is 38.6 Å². The number of hydrogen-bond donors (Lipinski definition) is 2. The lowest BCUT2D eigenvalue weighted by Crippen LogP contribution is -2.45. The van der Waals surface area contributed by atoms with Gasteiger partial charge in [0.2, 0.25) is 0 Å². The smallest absolute Gasteiger partial charge is 0.191 e. The first-order chi connectivity index (χ1) is 11.5. The number of nitrogens with zero attached hydrogens (tertiary/aromatic N) is 5. The molecule has 0 fully saturated rings. The Morgan fingerprint density at radius 1 is 1.42 bits per heavy atom. The number of nitrogens with one attached hydrogen (secondary N) is 2. The maximum Gasteiger partial charge on any atom is 0.191 e. The van der Waals surface area contributed by atoms with Crippen molar-refractivity contribution in [1.29, 1.82) is 0 Å². The fourth-order valence-corrected chi connectivity index (χ4v) is 3.04. The Bertz CT molecular complexity index is 710. The van der Waals surface area contributed by atoms with Crippen molar-refractivity contribution in [3.8, 4) is 0 Å². The van der Waals surface area contributed by atoms with Gasteiger partial charge in [-0.05, 0) is 32.3 Å². The highest BCUT2D eigenvalue weighted by Crippen LogP contribution is 2.21. The molecule has 7 nitrogen and oxygen atoms in total. The van der Waals surface area contributed by atoms with E-state index in [4.69, 9.17) is 5.10 Å². The van der Waals surface area contributed by atoms with E-state index in [1.807, 2.05) is 19.4 Å². The summed E-state index contributed by atoms with van der Waals surface area (Å²) in [5, 5.41) is 15.8. The fourth-order valence-electron chi connectivity index (χ4n) is 3.04. The standard InChI is InChI=1S/C17H27N7/c1-12(2)24-11-14-5-6-15(7-16(14)22-24)21-17(18-3)19-8-13-9-20-23(4)10-13/h9-12,15H,5-8H2,1-4H3,(H2,18,19,21). The van der Waals surface area contributed by atoms with Gasteiger partial charge in [-0.1, -0.05) is 0 Å². The molecule has 0 saturated carbocycles. The molecule has 0 aromatic carbocycles. The first-order valence-electron chi connectivity index (χ1n) is 8.56. The van der Waals surface area contributed by atoms with Gasteiger partial charge in [-0.25, -0.2) is 0 Å². The normalized spacial score (nSPS) is 17.9. The lowest BCUT2D eigenvalue weighted by Gasteiger charge is -2.24. The number of aromatic nitrogens is 4. The summed E-state index contributed by atoms with van der Waals surface area (Å²) in [5.41, 5.74) is 3.75. The van der Waals surface area contributed by atoms with Gasteiger partial charge in [0, 0.05) is 57.1 Å². The first-order valence-corrected chi connectivity index (χ1v) is 8.56. The summed E-state index contributed by atoms with van der Waals surface area (Å²) in [6.07, 6.45) is 9.19. The molecule has 1 aliphatic rings. The zero-order valence-electron chi connectivity index (χ0n) is 15.0. The average molecular weight is 329 g/mol. The topological polar surface area (TPSA) is 72.1 Å². The zero-order chi connectivity index (χ0) is 17.1. The highest BCUT2D eigenvalue weighted by Gasteiger charge is 2.22. The van der Waals surface area contributed by atoms with Gasteiger partial charge < -0.3 is 10.6 Å². The van der Waals surface area contributed by atoms with Crippen LogP contribution in [-0.2, 0) is 26.4 Å². The van der Waals surface area contributed by atoms with Gasteiger partial charge in [-0.2, -0.15) is 10.2 Å². The quantitative estimate of drug-likeness (QED) is 0.657. The number of fused-ring (bicyclic) bond motifs is 1. The van der Waals surface area contributed by atoms with E-state index < -0.39 is 0 Å². The Labute approximate surface area is 143 Å². The minimum atomic E-state index is 0.369. The molecule has 24 heavy (non-hydrogen) atoms. The molecule has 2 aromatic heterocycles. The van der Waals surface area contributed by atoms with Gasteiger partial charge >= 0.3 is 0 Å². The molecular formula is C17H27N7. The Balaban J connectivity index is 1.56. The van der Waals surface area contributed by atoms with Gasteiger partial charge in [0.25, 0.3) is 0 Å². The summed E-state index contributed by atoms with van der Waals surface area (Å²) < 4.78 is 3.88. The van der Waals surface area contributed by atoms with Crippen LogP contribution in [0.1, 0.15) is 43.1 Å². The molecule has 0 spiro atoms. The maximum atomic E-state index is 4.74. The third-order valence-corrected chi connectivity index (χ3v) is 4.41. The Hall–Kier alpha value is -2.31. The van der Waals surface area contributed by atoms with Gasteiger partial charge in [-0.15, -0.1) is 0 Å². The van der Waals surface area contributed by atoms with E-state index in [2.05, 4.69) is 45.5 Å². The van der Waals surface area contributed by atoms with Crippen molar-refractivity contribution in [2.45, 2.75) is 51.7 Å². The number of hydrogen-bond acceptors (Lipinski definition) is 3. The number of aliphatic imine (C=N–C) groups is 1. The van der Waals surface area contributed by atoms with Crippen LogP contribution in [0.5, 0.6) is 0 Å². The fraction of sp³-hybridized carbons (Fsp3) is 0.588. The van der Waals surface area contributed by atoms with E-state index in [1.165, 1.54) is 11.3 Å². The third-order valence-electron chi connectivity index (χ3n) is 4.41. The molecule has 7 heteroatoms. The molecular weight excluding hydrogens is 302 g/mol. The van der Waals surface area contributed by atoms with Crippen LogP contribution in [0, 0.1) is 0 Å². The van der Waals surface area contributed by atoms with E-state index in [-0.39, 0.29) is 0 Å². The van der Waals surface area contributed by atoms with E-state index in [9.17, 15) is 0 Å². The summed E-state index contributed by atoms with van der Waals surface area (Å²) in [5.74, 6) is 0.829. The lowest BCUT2D eigenvalue weighted by molar-refractivity contribution is 0.499. The number of rotatable bonds is 4. The molecule has 2 aromatic rings. The van der Waals surface area contributed by atoms with Crippen molar-refractivity contribution < 1.29 is 0 Å². The molecule has 0 radical (unpaired) electrons. The Morgan fingerprint density at radius 3 is 2.92 bits per heavy atom. The monoisotopic (exact) mass is 329 g/mol. The molecule has 0 aliphatic heterocycles. The Morgan fingerprint density at radius 2 is 2.25 bits per heavy atom. The van der Waals surface area contributed by atoms with Crippen LogP contribution in [0.25, 0.3) is 0 Å². The largest absolute Gasteiger partial charge is 0.353 e. The SMILES string of the molecule is CN=C(NCc1cnn(C)c1)NC1CCc2cn(C(C)C)nc2C1. The molecule has 0 saturated heterocycles. The third kappa shape index (κ3) is 3.77. The second kappa shape index (κ2) is 7.07. The van der Waals surface area contributed by atoms with E-state index in [1.54, 1.807) is 11.7 Å². The highest BCUT2D eigenvalue weighted by atomic mass is 15.3. The molecule has 0 bridgehead atoms. The molecule has 2 N–H and O–H groups in total. The van der Waals surface area contributed by atoms with Crippen molar-refractivity contribution in [2.24, 2.45) is 12.0 Å².